The van der Waals surface area contributed by atoms with E-state index in [9.17, 15) is 0 Å². The first kappa shape index (κ1) is 8.52. The Morgan fingerprint density at radius 1 is 1.33 bits per heavy atom. The highest BCUT2D eigenvalue weighted by molar-refractivity contribution is 5.19. The number of hydrogen-bond donors (Lipinski definition) is 0. The number of rotatable bonds is 0. The van der Waals surface area contributed by atoms with Crippen LogP contribution in [0.5, 0.6) is 0 Å². The van der Waals surface area contributed by atoms with E-state index in [-0.39, 0.29) is 16.8 Å². The topological polar surface area (TPSA) is 21.8 Å². The van der Waals surface area contributed by atoms with Crippen LogP contribution < -0.4 is 0 Å². The minimum absolute atomic E-state index is 0.0278. The van der Waals surface area contributed by atoms with Crippen molar-refractivity contribution in [2.45, 2.75) is 46.0 Å². The second-order valence-electron chi connectivity index (χ2n) is 5.25. The Bertz CT molecular complexity index is 211. The third-order valence-corrected chi connectivity index (χ3v) is 3.41. The Morgan fingerprint density at radius 3 is 2.08 bits per heavy atom. The summed E-state index contributed by atoms with van der Waals surface area (Å²) in [4.78, 5) is 0. The van der Waals surface area contributed by atoms with Crippen LogP contribution in [0.4, 0.5) is 0 Å². The summed E-state index contributed by atoms with van der Waals surface area (Å²) in [5.74, 6) is 0.229. The maximum Gasteiger partial charge on any atom is 0.196 e. The zero-order chi connectivity index (χ0) is 9.20. The summed E-state index contributed by atoms with van der Waals surface area (Å²) >= 11 is 0. The van der Waals surface area contributed by atoms with Crippen LogP contribution in [-0.4, -0.2) is 18.0 Å². The van der Waals surface area contributed by atoms with Crippen molar-refractivity contribution in [3.63, 3.8) is 0 Å². The van der Waals surface area contributed by atoms with E-state index in [1.807, 2.05) is 0 Å². The fourth-order valence-corrected chi connectivity index (χ4v) is 2.94. The molecule has 0 amide bonds. The molecule has 2 aliphatic heterocycles. The van der Waals surface area contributed by atoms with Gasteiger partial charge in [0.2, 0.25) is 0 Å². The van der Waals surface area contributed by atoms with E-state index in [2.05, 4.69) is 34.6 Å². The molecule has 2 fully saturated rings. The predicted molar refractivity (Wildman–Crippen MR) is 46.8 cm³/mol. The molecular weight excluding hydrogens is 152 g/mol. The molecule has 0 aliphatic carbocycles. The Labute approximate surface area is 74.2 Å². The number of epoxide rings is 1. The van der Waals surface area contributed by atoms with Crippen molar-refractivity contribution in [3.8, 4) is 0 Å². The van der Waals surface area contributed by atoms with Gasteiger partial charge >= 0.3 is 0 Å². The third kappa shape index (κ3) is 0.686. The van der Waals surface area contributed by atoms with Crippen LogP contribution in [-0.2, 0) is 9.47 Å². The second-order valence-corrected chi connectivity index (χ2v) is 5.25. The van der Waals surface area contributed by atoms with E-state index >= 15 is 0 Å². The molecule has 2 nitrogen and oxygen atoms in total. The molecule has 70 valence electrons. The highest BCUT2D eigenvalue weighted by Gasteiger charge is 2.79. The highest BCUT2D eigenvalue weighted by atomic mass is 16.8. The van der Waals surface area contributed by atoms with Crippen molar-refractivity contribution in [2.75, 3.05) is 6.61 Å². The molecule has 2 heterocycles. The van der Waals surface area contributed by atoms with Crippen molar-refractivity contribution in [1.82, 2.24) is 0 Å². The van der Waals surface area contributed by atoms with Gasteiger partial charge in [-0.2, -0.15) is 0 Å². The first-order valence-electron chi connectivity index (χ1n) is 4.68. The SMILES string of the molecule is CC1COC2(C)OC12C(C)(C)C. The normalized spacial score (nSPS) is 52.2. The lowest BCUT2D eigenvalue weighted by molar-refractivity contribution is -0.0441. The second kappa shape index (κ2) is 1.88. The van der Waals surface area contributed by atoms with E-state index in [0.717, 1.165) is 6.61 Å². The largest absolute Gasteiger partial charge is 0.347 e. The molecule has 0 N–H and O–H groups in total. The van der Waals surface area contributed by atoms with Gasteiger partial charge in [0.25, 0.3) is 0 Å². The molecule has 12 heavy (non-hydrogen) atoms. The average Bonchev–Trinajstić information content (AvgIpc) is 2.46. The summed E-state index contributed by atoms with van der Waals surface area (Å²) < 4.78 is 11.4. The summed E-state index contributed by atoms with van der Waals surface area (Å²) in [5.41, 5.74) is 0.150. The summed E-state index contributed by atoms with van der Waals surface area (Å²) in [6.07, 6.45) is 0. The van der Waals surface area contributed by atoms with Gasteiger partial charge in [0, 0.05) is 5.92 Å². The van der Waals surface area contributed by atoms with Gasteiger partial charge in [-0.3, -0.25) is 0 Å². The van der Waals surface area contributed by atoms with Gasteiger partial charge in [0.1, 0.15) is 5.60 Å². The minimum atomic E-state index is -0.287. The van der Waals surface area contributed by atoms with E-state index in [4.69, 9.17) is 9.47 Å². The molecule has 2 aliphatic rings. The van der Waals surface area contributed by atoms with Crippen molar-refractivity contribution in [2.24, 2.45) is 11.3 Å². The van der Waals surface area contributed by atoms with Gasteiger partial charge in [-0.25, -0.2) is 0 Å². The van der Waals surface area contributed by atoms with Gasteiger partial charge < -0.3 is 9.47 Å². The van der Waals surface area contributed by atoms with Crippen LogP contribution in [0.25, 0.3) is 0 Å². The fourth-order valence-electron chi connectivity index (χ4n) is 2.94. The molecule has 2 saturated heterocycles. The van der Waals surface area contributed by atoms with Crippen LogP contribution in [0.15, 0.2) is 0 Å². The Hall–Kier alpha value is -0.0800. The highest BCUT2D eigenvalue weighted by Crippen LogP contribution is 2.66. The smallest absolute Gasteiger partial charge is 0.196 e. The standard InChI is InChI=1S/C10H18O2/c1-7-6-11-9(5)10(7,12-9)8(2,3)4/h7H,6H2,1-5H3. The number of hydrogen-bond acceptors (Lipinski definition) is 2. The molecular formula is C10H18O2. The molecule has 3 atom stereocenters. The Morgan fingerprint density at radius 2 is 1.92 bits per heavy atom. The van der Waals surface area contributed by atoms with Crippen LogP contribution in [0.2, 0.25) is 0 Å². The lowest BCUT2D eigenvalue weighted by atomic mass is 9.72. The molecule has 0 aromatic heterocycles. The summed E-state index contributed by atoms with van der Waals surface area (Å²) in [6.45, 7) is 11.8. The van der Waals surface area contributed by atoms with Crippen molar-refractivity contribution < 1.29 is 9.47 Å². The molecule has 3 unspecified atom stereocenters. The number of fused-ring (bicyclic) bond motifs is 1. The van der Waals surface area contributed by atoms with Gasteiger partial charge in [-0.1, -0.05) is 27.7 Å². The van der Waals surface area contributed by atoms with Gasteiger partial charge in [-0.15, -0.1) is 0 Å². The van der Waals surface area contributed by atoms with Crippen LogP contribution in [0.1, 0.15) is 34.6 Å². The van der Waals surface area contributed by atoms with E-state index in [1.165, 1.54) is 0 Å². The maximum absolute atomic E-state index is 5.78. The van der Waals surface area contributed by atoms with Crippen LogP contribution in [0.3, 0.4) is 0 Å². The zero-order valence-electron chi connectivity index (χ0n) is 8.60. The molecule has 0 spiro atoms. The van der Waals surface area contributed by atoms with Crippen LogP contribution >= 0.6 is 0 Å². The third-order valence-electron chi connectivity index (χ3n) is 3.41. The van der Waals surface area contributed by atoms with E-state index in [1.54, 1.807) is 0 Å². The molecule has 0 aromatic carbocycles. The molecule has 2 heteroatoms. The van der Waals surface area contributed by atoms with Crippen molar-refractivity contribution in [3.05, 3.63) is 0 Å². The molecule has 2 rings (SSSR count). The van der Waals surface area contributed by atoms with Gasteiger partial charge in [0.05, 0.1) is 6.61 Å². The van der Waals surface area contributed by atoms with Crippen molar-refractivity contribution in [1.29, 1.82) is 0 Å². The Balaban J connectivity index is 2.34. The Kier molecular flexibility index (Phi) is 1.33. The zero-order valence-corrected chi connectivity index (χ0v) is 8.60. The lowest BCUT2D eigenvalue weighted by Crippen LogP contribution is -2.38. The summed E-state index contributed by atoms with van der Waals surface area (Å²) in [7, 11) is 0. The number of ether oxygens (including phenoxy) is 2. The molecule has 0 bridgehead atoms. The monoisotopic (exact) mass is 170 g/mol. The van der Waals surface area contributed by atoms with E-state index < -0.39 is 0 Å². The van der Waals surface area contributed by atoms with Crippen LogP contribution in [0, 0.1) is 11.3 Å². The van der Waals surface area contributed by atoms with Gasteiger partial charge in [-0.05, 0) is 12.3 Å². The predicted octanol–water partition coefficient (Wildman–Crippen LogP) is 2.18. The van der Waals surface area contributed by atoms with Crippen molar-refractivity contribution >= 4 is 0 Å². The summed E-state index contributed by atoms with van der Waals surface area (Å²) in [5, 5.41) is 0. The molecule has 0 saturated carbocycles. The lowest BCUT2D eigenvalue weighted by Gasteiger charge is -2.29. The molecule has 0 radical (unpaired) electrons. The average molecular weight is 170 g/mol. The van der Waals surface area contributed by atoms with Gasteiger partial charge in [0.15, 0.2) is 5.79 Å². The van der Waals surface area contributed by atoms with E-state index in [0.29, 0.717) is 5.92 Å². The minimum Gasteiger partial charge on any atom is -0.347 e. The summed E-state index contributed by atoms with van der Waals surface area (Å²) in [6, 6.07) is 0. The quantitative estimate of drug-likeness (QED) is 0.520. The maximum atomic E-state index is 5.78. The fraction of sp³-hybridized carbons (Fsp3) is 1.00. The first-order chi connectivity index (χ1) is 5.33. The first-order valence-corrected chi connectivity index (χ1v) is 4.68. The molecule has 0 aromatic rings.